The molecule has 0 fully saturated rings. The van der Waals surface area contributed by atoms with Gasteiger partial charge < -0.3 is 10.1 Å². The van der Waals surface area contributed by atoms with Crippen LogP contribution >= 0.6 is 0 Å². The molecule has 1 aromatic carbocycles. The summed E-state index contributed by atoms with van der Waals surface area (Å²) in [6.45, 7) is 4.14. The number of benzene rings is 1. The third kappa shape index (κ3) is 3.50. The predicted molar refractivity (Wildman–Crippen MR) is 93.4 cm³/mol. The number of aromatic nitrogens is 2. The van der Waals surface area contributed by atoms with E-state index < -0.39 is 0 Å². The number of para-hydroxylation sites is 2. The molecule has 2 heterocycles. The summed E-state index contributed by atoms with van der Waals surface area (Å²) in [5.74, 6) is 0.281. The SMILES string of the molecule is Cc1c([C@@H](C)NC(=O)CN2C(=O)CCOc3ccccc32)cnn1C. The molecule has 2 aromatic rings. The molecule has 1 N–H and O–H groups in total. The maximum atomic E-state index is 12.5. The fourth-order valence-corrected chi connectivity index (χ4v) is 2.94. The van der Waals surface area contributed by atoms with Gasteiger partial charge in [0.15, 0.2) is 0 Å². The average Bonchev–Trinajstić information content (AvgIpc) is 2.83. The quantitative estimate of drug-likeness (QED) is 0.918. The lowest BCUT2D eigenvalue weighted by Crippen LogP contribution is -2.41. The summed E-state index contributed by atoms with van der Waals surface area (Å²) in [5.41, 5.74) is 2.59. The number of amides is 2. The maximum absolute atomic E-state index is 12.5. The van der Waals surface area contributed by atoms with Gasteiger partial charge >= 0.3 is 0 Å². The van der Waals surface area contributed by atoms with Crippen LogP contribution in [-0.2, 0) is 16.6 Å². The molecule has 0 saturated heterocycles. The summed E-state index contributed by atoms with van der Waals surface area (Å²) in [6.07, 6.45) is 2.00. The van der Waals surface area contributed by atoms with Crippen LogP contribution in [0.25, 0.3) is 0 Å². The monoisotopic (exact) mass is 342 g/mol. The number of hydrogen-bond donors (Lipinski definition) is 1. The number of anilines is 1. The molecule has 0 radical (unpaired) electrons. The van der Waals surface area contributed by atoms with Crippen LogP contribution < -0.4 is 15.0 Å². The fourth-order valence-electron chi connectivity index (χ4n) is 2.94. The van der Waals surface area contributed by atoms with Crippen LogP contribution in [0.4, 0.5) is 5.69 Å². The molecule has 2 amide bonds. The third-order valence-electron chi connectivity index (χ3n) is 4.45. The summed E-state index contributed by atoms with van der Waals surface area (Å²) in [5, 5.41) is 7.14. The first-order valence-corrected chi connectivity index (χ1v) is 8.27. The number of carbonyl (C=O) groups is 2. The Bertz CT molecular complexity index is 799. The Kier molecular flexibility index (Phi) is 4.74. The van der Waals surface area contributed by atoms with Gasteiger partial charge in [-0.15, -0.1) is 0 Å². The van der Waals surface area contributed by atoms with Gasteiger partial charge in [0, 0.05) is 18.3 Å². The first-order chi connectivity index (χ1) is 12.0. The van der Waals surface area contributed by atoms with Crippen molar-refractivity contribution in [2.24, 2.45) is 7.05 Å². The Morgan fingerprint density at radius 1 is 1.40 bits per heavy atom. The maximum Gasteiger partial charge on any atom is 0.240 e. The smallest absolute Gasteiger partial charge is 0.240 e. The van der Waals surface area contributed by atoms with Crippen molar-refractivity contribution < 1.29 is 14.3 Å². The molecule has 0 unspecified atom stereocenters. The van der Waals surface area contributed by atoms with Crippen molar-refractivity contribution in [1.82, 2.24) is 15.1 Å². The van der Waals surface area contributed by atoms with Crippen molar-refractivity contribution in [3.63, 3.8) is 0 Å². The van der Waals surface area contributed by atoms with Gasteiger partial charge in [-0.1, -0.05) is 12.1 Å². The fraction of sp³-hybridized carbons (Fsp3) is 0.389. The van der Waals surface area contributed by atoms with Crippen LogP contribution in [0.3, 0.4) is 0 Å². The van der Waals surface area contributed by atoms with Gasteiger partial charge in [-0.2, -0.15) is 5.10 Å². The zero-order chi connectivity index (χ0) is 18.0. The number of hydrogen-bond acceptors (Lipinski definition) is 4. The Morgan fingerprint density at radius 3 is 2.88 bits per heavy atom. The number of aryl methyl sites for hydroxylation is 1. The highest BCUT2D eigenvalue weighted by molar-refractivity contribution is 6.00. The standard InChI is InChI=1S/C18H22N4O3/c1-12(14-10-19-21(3)13(14)2)20-17(23)11-22-15-6-4-5-7-16(15)25-9-8-18(22)24/h4-7,10,12H,8-9,11H2,1-3H3,(H,20,23)/t12-/m1/s1. The van der Waals surface area contributed by atoms with E-state index >= 15 is 0 Å². The van der Waals surface area contributed by atoms with Crippen LogP contribution in [0.5, 0.6) is 5.75 Å². The first-order valence-electron chi connectivity index (χ1n) is 8.27. The molecule has 1 atom stereocenters. The second-order valence-electron chi connectivity index (χ2n) is 6.14. The van der Waals surface area contributed by atoms with Gasteiger partial charge in [0.25, 0.3) is 0 Å². The second-order valence-corrected chi connectivity index (χ2v) is 6.14. The minimum Gasteiger partial charge on any atom is -0.491 e. The number of nitrogens with one attached hydrogen (secondary N) is 1. The summed E-state index contributed by atoms with van der Waals surface area (Å²) >= 11 is 0. The first kappa shape index (κ1) is 17.0. The largest absolute Gasteiger partial charge is 0.491 e. The molecule has 1 aromatic heterocycles. The Labute approximate surface area is 146 Å². The van der Waals surface area contributed by atoms with Gasteiger partial charge in [-0.05, 0) is 26.0 Å². The molecule has 0 spiro atoms. The van der Waals surface area contributed by atoms with E-state index in [2.05, 4.69) is 10.4 Å². The molecule has 3 rings (SSSR count). The molecule has 1 aliphatic heterocycles. The van der Waals surface area contributed by atoms with Crippen LogP contribution in [-0.4, -0.2) is 34.7 Å². The summed E-state index contributed by atoms with van der Waals surface area (Å²) in [6, 6.07) is 7.09. The van der Waals surface area contributed by atoms with Crippen molar-refractivity contribution in [2.45, 2.75) is 26.3 Å². The normalized spacial score (nSPS) is 15.2. The van der Waals surface area contributed by atoms with Gasteiger partial charge in [-0.3, -0.25) is 19.2 Å². The molecule has 0 aliphatic carbocycles. The van der Waals surface area contributed by atoms with Crippen LogP contribution in [0.15, 0.2) is 30.5 Å². The van der Waals surface area contributed by atoms with Gasteiger partial charge in [0.2, 0.25) is 11.8 Å². The molecular formula is C18H22N4O3. The van der Waals surface area contributed by atoms with Crippen LogP contribution in [0.1, 0.15) is 30.6 Å². The molecule has 0 saturated carbocycles. The molecule has 132 valence electrons. The van der Waals surface area contributed by atoms with Crippen molar-refractivity contribution in [1.29, 1.82) is 0 Å². The summed E-state index contributed by atoms with van der Waals surface area (Å²) in [4.78, 5) is 26.4. The summed E-state index contributed by atoms with van der Waals surface area (Å²) in [7, 11) is 1.86. The van der Waals surface area contributed by atoms with Gasteiger partial charge in [0.05, 0.1) is 31.0 Å². The van der Waals surface area contributed by atoms with E-state index in [0.717, 1.165) is 11.3 Å². The number of rotatable bonds is 4. The van der Waals surface area contributed by atoms with E-state index in [1.165, 1.54) is 4.90 Å². The van der Waals surface area contributed by atoms with Crippen molar-refractivity contribution in [3.05, 3.63) is 41.7 Å². The number of fused-ring (bicyclic) bond motifs is 1. The molecule has 0 bridgehead atoms. The Hall–Kier alpha value is -2.83. The van der Waals surface area contributed by atoms with Crippen molar-refractivity contribution in [2.75, 3.05) is 18.1 Å². The van der Waals surface area contributed by atoms with Gasteiger partial charge in [0.1, 0.15) is 12.3 Å². The highest BCUT2D eigenvalue weighted by Gasteiger charge is 2.25. The van der Waals surface area contributed by atoms with E-state index in [1.54, 1.807) is 23.0 Å². The average molecular weight is 342 g/mol. The molecule has 7 heteroatoms. The highest BCUT2D eigenvalue weighted by Crippen LogP contribution is 2.30. The minimum atomic E-state index is -0.221. The molecular weight excluding hydrogens is 320 g/mol. The van der Waals surface area contributed by atoms with Crippen LogP contribution in [0, 0.1) is 6.92 Å². The lowest BCUT2D eigenvalue weighted by molar-refractivity contribution is -0.124. The van der Waals surface area contributed by atoms with Crippen LogP contribution in [0.2, 0.25) is 0 Å². The number of ether oxygens (including phenoxy) is 1. The van der Waals surface area contributed by atoms with Crippen molar-refractivity contribution in [3.8, 4) is 5.75 Å². The number of carbonyl (C=O) groups excluding carboxylic acids is 2. The Morgan fingerprint density at radius 2 is 2.16 bits per heavy atom. The molecule has 1 aliphatic rings. The summed E-state index contributed by atoms with van der Waals surface area (Å²) < 4.78 is 7.36. The van der Waals surface area contributed by atoms with E-state index in [-0.39, 0.29) is 30.8 Å². The second kappa shape index (κ2) is 6.96. The van der Waals surface area contributed by atoms with E-state index in [0.29, 0.717) is 18.0 Å². The van der Waals surface area contributed by atoms with E-state index in [4.69, 9.17) is 4.74 Å². The topological polar surface area (TPSA) is 76.5 Å². The zero-order valence-corrected chi connectivity index (χ0v) is 14.7. The molecule has 25 heavy (non-hydrogen) atoms. The predicted octanol–water partition coefficient (Wildman–Crippen LogP) is 1.72. The highest BCUT2D eigenvalue weighted by atomic mass is 16.5. The third-order valence-corrected chi connectivity index (χ3v) is 4.45. The minimum absolute atomic E-state index is 0.0388. The zero-order valence-electron chi connectivity index (χ0n) is 14.7. The lowest BCUT2D eigenvalue weighted by Gasteiger charge is -2.22. The van der Waals surface area contributed by atoms with Crippen molar-refractivity contribution >= 4 is 17.5 Å². The lowest BCUT2D eigenvalue weighted by atomic mass is 10.1. The van der Waals surface area contributed by atoms with E-state index in [9.17, 15) is 9.59 Å². The van der Waals surface area contributed by atoms with Gasteiger partial charge in [-0.25, -0.2) is 0 Å². The number of nitrogens with zero attached hydrogens (tertiary/aromatic N) is 3. The Balaban J connectivity index is 1.73. The molecule has 7 nitrogen and oxygen atoms in total. The van der Waals surface area contributed by atoms with E-state index in [1.807, 2.05) is 33.0 Å².